The number of carbonyl (C=O) groups excluding carboxylic acids is 1. The molecule has 0 aromatic carbocycles. The summed E-state index contributed by atoms with van der Waals surface area (Å²) in [7, 11) is 1.52. The smallest absolute Gasteiger partial charge is 0.312 e. The summed E-state index contributed by atoms with van der Waals surface area (Å²) in [5.41, 5.74) is 0.162. The standard InChI is InChI=1S/C12H20O2/c1-8-11(2,3)9-5-6-12(8,7-9)10(13)14-4/h8-9H,5-7H2,1-4H3/t8-,9+,12+/m1/s1. The molecule has 0 aliphatic heterocycles. The highest BCUT2D eigenvalue weighted by Gasteiger charge is 2.63. The van der Waals surface area contributed by atoms with E-state index in [9.17, 15) is 4.79 Å². The highest BCUT2D eigenvalue weighted by Crippen LogP contribution is 2.66. The summed E-state index contributed by atoms with van der Waals surface area (Å²) in [6.45, 7) is 6.81. The molecule has 0 radical (unpaired) electrons. The van der Waals surface area contributed by atoms with Crippen molar-refractivity contribution in [1.29, 1.82) is 0 Å². The molecular formula is C12H20O2. The molecule has 14 heavy (non-hydrogen) atoms. The van der Waals surface area contributed by atoms with Crippen molar-refractivity contribution in [2.45, 2.75) is 40.0 Å². The largest absolute Gasteiger partial charge is 0.469 e. The zero-order valence-electron chi connectivity index (χ0n) is 9.59. The number of methoxy groups -OCH3 is 1. The van der Waals surface area contributed by atoms with Crippen molar-refractivity contribution in [3.05, 3.63) is 0 Å². The normalized spacial score (nSPS) is 44.0. The first-order chi connectivity index (χ1) is 6.45. The maximum atomic E-state index is 11.9. The zero-order valence-corrected chi connectivity index (χ0v) is 9.59. The van der Waals surface area contributed by atoms with Crippen LogP contribution in [-0.2, 0) is 9.53 Å². The van der Waals surface area contributed by atoms with Gasteiger partial charge in [-0.1, -0.05) is 20.8 Å². The molecule has 0 unspecified atom stereocenters. The van der Waals surface area contributed by atoms with Crippen LogP contribution in [0.25, 0.3) is 0 Å². The minimum atomic E-state index is -0.150. The van der Waals surface area contributed by atoms with Gasteiger partial charge in [0.05, 0.1) is 12.5 Å². The second-order valence-electron chi connectivity index (χ2n) is 5.63. The second kappa shape index (κ2) is 2.74. The van der Waals surface area contributed by atoms with E-state index < -0.39 is 0 Å². The fourth-order valence-electron chi connectivity index (χ4n) is 3.74. The molecule has 2 rings (SSSR count). The SMILES string of the molecule is COC(=O)[C@@]12CC[C@@H](C1)C(C)(C)[C@H]2C. The highest BCUT2D eigenvalue weighted by molar-refractivity contribution is 5.78. The Hall–Kier alpha value is -0.530. The monoisotopic (exact) mass is 196 g/mol. The average Bonchev–Trinajstić information content (AvgIpc) is 2.66. The fourth-order valence-corrected chi connectivity index (χ4v) is 3.74. The summed E-state index contributed by atoms with van der Waals surface area (Å²) in [5.74, 6) is 1.20. The van der Waals surface area contributed by atoms with Crippen LogP contribution in [0.2, 0.25) is 0 Å². The Morgan fingerprint density at radius 1 is 1.43 bits per heavy atom. The van der Waals surface area contributed by atoms with E-state index in [1.165, 1.54) is 13.5 Å². The van der Waals surface area contributed by atoms with Gasteiger partial charge < -0.3 is 4.74 Å². The van der Waals surface area contributed by atoms with E-state index in [1.807, 2.05) is 0 Å². The maximum Gasteiger partial charge on any atom is 0.312 e. The molecule has 2 bridgehead atoms. The Balaban J connectivity index is 2.35. The molecule has 2 saturated carbocycles. The number of esters is 1. The van der Waals surface area contributed by atoms with Crippen molar-refractivity contribution < 1.29 is 9.53 Å². The molecule has 2 nitrogen and oxygen atoms in total. The Bertz CT molecular complexity index is 269. The molecule has 0 amide bonds. The summed E-state index contributed by atoms with van der Waals surface area (Å²) in [6, 6.07) is 0. The van der Waals surface area contributed by atoms with Crippen LogP contribution < -0.4 is 0 Å². The van der Waals surface area contributed by atoms with Gasteiger partial charge in [0, 0.05) is 0 Å². The first-order valence-corrected chi connectivity index (χ1v) is 5.53. The highest BCUT2D eigenvalue weighted by atomic mass is 16.5. The lowest BCUT2D eigenvalue weighted by atomic mass is 9.64. The molecule has 0 aromatic heterocycles. The molecule has 3 atom stereocenters. The van der Waals surface area contributed by atoms with Gasteiger partial charge in [0.25, 0.3) is 0 Å². The van der Waals surface area contributed by atoms with Gasteiger partial charge in [-0.25, -0.2) is 0 Å². The predicted molar refractivity (Wildman–Crippen MR) is 54.7 cm³/mol. The topological polar surface area (TPSA) is 26.3 Å². The van der Waals surface area contributed by atoms with E-state index in [0.29, 0.717) is 11.3 Å². The van der Waals surface area contributed by atoms with Crippen molar-refractivity contribution in [1.82, 2.24) is 0 Å². The molecule has 0 spiro atoms. The fraction of sp³-hybridized carbons (Fsp3) is 0.917. The minimum Gasteiger partial charge on any atom is -0.469 e. The van der Waals surface area contributed by atoms with Gasteiger partial charge in [0.2, 0.25) is 0 Å². The van der Waals surface area contributed by atoms with Gasteiger partial charge in [-0.15, -0.1) is 0 Å². The summed E-state index contributed by atoms with van der Waals surface area (Å²) in [5, 5.41) is 0. The van der Waals surface area contributed by atoms with Gasteiger partial charge in [-0.3, -0.25) is 4.79 Å². The van der Waals surface area contributed by atoms with E-state index in [1.54, 1.807) is 0 Å². The van der Waals surface area contributed by atoms with E-state index >= 15 is 0 Å². The quantitative estimate of drug-likeness (QED) is 0.603. The molecule has 0 saturated heterocycles. The van der Waals surface area contributed by atoms with Crippen LogP contribution in [0, 0.1) is 22.7 Å². The van der Waals surface area contributed by atoms with Crippen LogP contribution in [0.5, 0.6) is 0 Å². The van der Waals surface area contributed by atoms with E-state index in [-0.39, 0.29) is 11.4 Å². The summed E-state index contributed by atoms with van der Waals surface area (Å²) in [6.07, 6.45) is 3.29. The number of ether oxygens (including phenoxy) is 1. The van der Waals surface area contributed by atoms with Gasteiger partial charge >= 0.3 is 5.97 Å². The Morgan fingerprint density at radius 3 is 2.50 bits per heavy atom. The number of hydrogen-bond acceptors (Lipinski definition) is 2. The first kappa shape index (κ1) is 10.0. The van der Waals surface area contributed by atoms with E-state index in [0.717, 1.165) is 18.8 Å². The third-order valence-electron chi connectivity index (χ3n) is 5.14. The molecule has 0 N–H and O–H groups in total. The van der Waals surface area contributed by atoms with E-state index in [2.05, 4.69) is 20.8 Å². The van der Waals surface area contributed by atoms with Crippen molar-refractivity contribution in [3.63, 3.8) is 0 Å². The summed E-state index contributed by atoms with van der Waals surface area (Å²) < 4.78 is 4.98. The molecule has 2 aliphatic rings. The predicted octanol–water partition coefficient (Wildman–Crippen LogP) is 2.62. The third-order valence-corrected chi connectivity index (χ3v) is 5.14. The van der Waals surface area contributed by atoms with Crippen LogP contribution in [0.3, 0.4) is 0 Å². The van der Waals surface area contributed by atoms with Crippen molar-refractivity contribution in [2.24, 2.45) is 22.7 Å². The molecule has 0 heterocycles. The van der Waals surface area contributed by atoms with Gasteiger partial charge in [-0.2, -0.15) is 0 Å². The molecule has 80 valence electrons. The van der Waals surface area contributed by atoms with Crippen LogP contribution in [0.15, 0.2) is 0 Å². The van der Waals surface area contributed by atoms with Crippen LogP contribution in [-0.4, -0.2) is 13.1 Å². The molecule has 0 aromatic rings. The number of carbonyl (C=O) groups is 1. The number of hydrogen-bond donors (Lipinski definition) is 0. The lowest BCUT2D eigenvalue weighted by molar-refractivity contribution is -0.156. The lowest BCUT2D eigenvalue weighted by Gasteiger charge is -2.40. The zero-order chi connectivity index (χ0) is 10.6. The van der Waals surface area contributed by atoms with Crippen molar-refractivity contribution in [2.75, 3.05) is 7.11 Å². The van der Waals surface area contributed by atoms with Gasteiger partial charge in [-0.05, 0) is 36.5 Å². The van der Waals surface area contributed by atoms with Crippen molar-refractivity contribution in [3.8, 4) is 0 Å². The summed E-state index contributed by atoms with van der Waals surface area (Å²) in [4.78, 5) is 11.9. The van der Waals surface area contributed by atoms with Crippen LogP contribution >= 0.6 is 0 Å². The lowest BCUT2D eigenvalue weighted by Crippen LogP contribution is -2.40. The number of fused-ring (bicyclic) bond motifs is 2. The second-order valence-corrected chi connectivity index (χ2v) is 5.63. The molecular weight excluding hydrogens is 176 g/mol. The maximum absolute atomic E-state index is 11.9. The average molecular weight is 196 g/mol. The summed E-state index contributed by atoms with van der Waals surface area (Å²) >= 11 is 0. The van der Waals surface area contributed by atoms with Gasteiger partial charge in [0.15, 0.2) is 0 Å². The third kappa shape index (κ3) is 0.945. The van der Waals surface area contributed by atoms with Crippen LogP contribution in [0.1, 0.15) is 40.0 Å². The Morgan fingerprint density at radius 2 is 2.07 bits per heavy atom. The van der Waals surface area contributed by atoms with Crippen LogP contribution in [0.4, 0.5) is 0 Å². The Kier molecular flexibility index (Phi) is 1.96. The van der Waals surface area contributed by atoms with Gasteiger partial charge in [0.1, 0.15) is 0 Å². The molecule has 2 aliphatic carbocycles. The van der Waals surface area contributed by atoms with E-state index in [4.69, 9.17) is 4.74 Å². The first-order valence-electron chi connectivity index (χ1n) is 5.53. The number of rotatable bonds is 1. The minimum absolute atomic E-state index is 0.0260. The molecule has 2 heteroatoms. The Labute approximate surface area is 86.0 Å². The van der Waals surface area contributed by atoms with Crippen molar-refractivity contribution >= 4 is 5.97 Å². The molecule has 2 fully saturated rings.